The molecule has 2 bridgehead atoms. The first-order valence-corrected chi connectivity index (χ1v) is 4.45. The van der Waals surface area contributed by atoms with E-state index < -0.39 is 6.09 Å². The minimum atomic E-state index is -0.769. The normalized spacial score (nSPS) is 40.1. The third-order valence-electron chi connectivity index (χ3n) is 2.99. The average molecular weight is 170 g/mol. The second-order valence-electron chi connectivity index (χ2n) is 3.81. The first-order valence-electron chi connectivity index (χ1n) is 4.45. The lowest BCUT2D eigenvalue weighted by atomic mass is 9.99. The molecule has 2 fully saturated rings. The van der Waals surface area contributed by atoms with Gasteiger partial charge in [0.2, 0.25) is 0 Å². The summed E-state index contributed by atoms with van der Waals surface area (Å²) in [5.41, 5.74) is 5.80. The third kappa shape index (κ3) is 1.06. The van der Waals surface area contributed by atoms with E-state index in [1.807, 2.05) is 0 Å². The van der Waals surface area contributed by atoms with Crippen molar-refractivity contribution in [1.82, 2.24) is 4.90 Å². The van der Waals surface area contributed by atoms with Gasteiger partial charge in [-0.05, 0) is 25.7 Å². The van der Waals surface area contributed by atoms with Gasteiger partial charge in [-0.15, -0.1) is 0 Å². The number of carbonyl (C=O) groups is 1. The minimum Gasteiger partial charge on any atom is -0.465 e. The second-order valence-corrected chi connectivity index (χ2v) is 3.81. The molecule has 1 amide bonds. The number of hydrogen-bond donors (Lipinski definition) is 2. The van der Waals surface area contributed by atoms with Crippen LogP contribution in [0.5, 0.6) is 0 Å². The van der Waals surface area contributed by atoms with Gasteiger partial charge in [-0.25, -0.2) is 4.79 Å². The number of carboxylic acid groups (broad SMARTS) is 1. The summed E-state index contributed by atoms with van der Waals surface area (Å²) in [6.07, 6.45) is 2.94. The average Bonchev–Trinajstić information content (AvgIpc) is 2.24. The Balaban J connectivity index is 2.14. The number of amides is 1. The number of rotatable bonds is 0. The summed E-state index contributed by atoms with van der Waals surface area (Å²) in [4.78, 5) is 12.4. The van der Waals surface area contributed by atoms with Crippen molar-refractivity contribution >= 4 is 6.09 Å². The van der Waals surface area contributed by atoms with Crippen molar-refractivity contribution in [2.75, 3.05) is 0 Å². The summed E-state index contributed by atoms with van der Waals surface area (Å²) >= 11 is 0. The van der Waals surface area contributed by atoms with Crippen LogP contribution in [0.2, 0.25) is 0 Å². The molecule has 2 aliphatic rings. The van der Waals surface area contributed by atoms with Crippen LogP contribution in [0.3, 0.4) is 0 Å². The van der Waals surface area contributed by atoms with E-state index in [1.165, 1.54) is 0 Å². The molecule has 2 heterocycles. The summed E-state index contributed by atoms with van der Waals surface area (Å²) in [6, 6.07) is 0.630. The highest BCUT2D eigenvalue weighted by Gasteiger charge is 2.42. The largest absolute Gasteiger partial charge is 0.465 e. The van der Waals surface area contributed by atoms with Gasteiger partial charge in [0.05, 0.1) is 0 Å². The minimum absolute atomic E-state index is 0.205. The van der Waals surface area contributed by atoms with Crippen LogP contribution in [0, 0.1) is 0 Å². The van der Waals surface area contributed by atoms with Gasteiger partial charge in [-0.2, -0.15) is 0 Å². The van der Waals surface area contributed by atoms with Crippen molar-refractivity contribution in [2.45, 2.75) is 43.8 Å². The Labute approximate surface area is 71.3 Å². The highest BCUT2D eigenvalue weighted by atomic mass is 16.4. The highest BCUT2D eigenvalue weighted by Crippen LogP contribution is 2.34. The van der Waals surface area contributed by atoms with E-state index in [1.54, 1.807) is 4.90 Å². The molecule has 4 heteroatoms. The zero-order chi connectivity index (χ0) is 8.72. The fourth-order valence-electron chi connectivity index (χ4n) is 2.53. The van der Waals surface area contributed by atoms with E-state index in [2.05, 4.69) is 0 Å². The van der Waals surface area contributed by atoms with Gasteiger partial charge >= 0.3 is 6.09 Å². The van der Waals surface area contributed by atoms with Crippen molar-refractivity contribution in [3.8, 4) is 0 Å². The molecule has 2 aliphatic heterocycles. The van der Waals surface area contributed by atoms with Gasteiger partial charge < -0.3 is 15.7 Å². The SMILES string of the molecule is NC1C[C@H]2CC[C@@H](C1)N2C(=O)O. The number of piperidine rings is 1. The molecule has 0 saturated carbocycles. The lowest BCUT2D eigenvalue weighted by Gasteiger charge is -2.35. The van der Waals surface area contributed by atoms with Crippen LogP contribution in [0.15, 0.2) is 0 Å². The summed E-state index contributed by atoms with van der Waals surface area (Å²) < 4.78 is 0. The number of fused-ring (bicyclic) bond motifs is 2. The lowest BCUT2D eigenvalue weighted by molar-refractivity contribution is 0.0973. The summed E-state index contributed by atoms with van der Waals surface area (Å²) in [7, 11) is 0. The van der Waals surface area contributed by atoms with Crippen molar-refractivity contribution < 1.29 is 9.90 Å². The zero-order valence-electron chi connectivity index (χ0n) is 6.94. The third-order valence-corrected chi connectivity index (χ3v) is 2.99. The molecule has 2 rings (SSSR count). The van der Waals surface area contributed by atoms with Crippen LogP contribution >= 0.6 is 0 Å². The predicted octanol–water partition coefficient (Wildman–Crippen LogP) is 0.618. The quantitative estimate of drug-likeness (QED) is 0.560. The maximum Gasteiger partial charge on any atom is 0.407 e. The molecule has 0 aromatic carbocycles. The Kier molecular flexibility index (Phi) is 1.72. The molecule has 4 nitrogen and oxygen atoms in total. The maximum absolute atomic E-state index is 10.8. The fourth-order valence-corrected chi connectivity index (χ4v) is 2.53. The first kappa shape index (κ1) is 7.86. The van der Waals surface area contributed by atoms with Crippen molar-refractivity contribution in [2.24, 2.45) is 5.73 Å². The topological polar surface area (TPSA) is 66.6 Å². The molecule has 0 spiro atoms. The van der Waals surface area contributed by atoms with Crippen LogP contribution in [-0.4, -0.2) is 34.2 Å². The van der Waals surface area contributed by atoms with Crippen molar-refractivity contribution in [3.05, 3.63) is 0 Å². The Morgan fingerprint density at radius 1 is 1.33 bits per heavy atom. The van der Waals surface area contributed by atoms with Gasteiger partial charge in [0.25, 0.3) is 0 Å². The molecule has 0 aromatic heterocycles. The molecule has 0 radical (unpaired) electrons. The highest BCUT2D eigenvalue weighted by molar-refractivity contribution is 5.66. The van der Waals surface area contributed by atoms with E-state index in [0.29, 0.717) is 0 Å². The molecule has 3 N–H and O–H groups in total. The van der Waals surface area contributed by atoms with E-state index >= 15 is 0 Å². The summed E-state index contributed by atoms with van der Waals surface area (Å²) in [5, 5.41) is 8.89. The predicted molar refractivity (Wildman–Crippen MR) is 43.9 cm³/mol. The molecule has 0 aliphatic carbocycles. The molecule has 0 aromatic rings. The summed E-state index contributed by atoms with van der Waals surface area (Å²) in [6.45, 7) is 0. The van der Waals surface area contributed by atoms with E-state index in [0.717, 1.165) is 25.7 Å². The molecule has 3 atom stereocenters. The van der Waals surface area contributed by atoms with Crippen LogP contribution in [0.1, 0.15) is 25.7 Å². The van der Waals surface area contributed by atoms with Gasteiger partial charge in [0, 0.05) is 18.1 Å². The number of hydrogen-bond acceptors (Lipinski definition) is 2. The van der Waals surface area contributed by atoms with Crippen LogP contribution in [-0.2, 0) is 0 Å². The van der Waals surface area contributed by atoms with Crippen LogP contribution in [0.25, 0.3) is 0 Å². The van der Waals surface area contributed by atoms with E-state index in [-0.39, 0.29) is 18.1 Å². The molecule has 12 heavy (non-hydrogen) atoms. The molecular formula is C8H14N2O2. The van der Waals surface area contributed by atoms with Gasteiger partial charge in [-0.3, -0.25) is 0 Å². The van der Waals surface area contributed by atoms with Crippen LogP contribution < -0.4 is 5.73 Å². The van der Waals surface area contributed by atoms with Crippen molar-refractivity contribution in [3.63, 3.8) is 0 Å². The van der Waals surface area contributed by atoms with Gasteiger partial charge in [-0.1, -0.05) is 0 Å². The Bertz CT molecular complexity index is 193. The Morgan fingerprint density at radius 3 is 2.25 bits per heavy atom. The second kappa shape index (κ2) is 2.62. The smallest absolute Gasteiger partial charge is 0.407 e. The standard InChI is InChI=1S/C8H14N2O2/c9-5-3-6-1-2-7(4-5)10(6)8(11)12/h5-7H,1-4,9H2,(H,11,12)/t5?,6-,7+. The monoisotopic (exact) mass is 170 g/mol. The molecule has 2 saturated heterocycles. The molecule has 1 unspecified atom stereocenters. The molecule has 68 valence electrons. The zero-order valence-corrected chi connectivity index (χ0v) is 6.94. The van der Waals surface area contributed by atoms with Crippen LogP contribution in [0.4, 0.5) is 4.79 Å². The number of nitrogens with two attached hydrogens (primary N) is 1. The fraction of sp³-hybridized carbons (Fsp3) is 0.875. The van der Waals surface area contributed by atoms with E-state index in [4.69, 9.17) is 10.8 Å². The maximum atomic E-state index is 10.8. The molecular weight excluding hydrogens is 156 g/mol. The van der Waals surface area contributed by atoms with E-state index in [9.17, 15) is 4.79 Å². The first-order chi connectivity index (χ1) is 5.68. The summed E-state index contributed by atoms with van der Waals surface area (Å²) in [5.74, 6) is 0. The van der Waals surface area contributed by atoms with Crippen molar-refractivity contribution in [1.29, 1.82) is 0 Å². The Morgan fingerprint density at radius 2 is 1.83 bits per heavy atom. The lowest BCUT2D eigenvalue weighted by Crippen LogP contribution is -2.49. The number of nitrogens with zero attached hydrogens (tertiary/aromatic N) is 1. The van der Waals surface area contributed by atoms with Gasteiger partial charge in [0.1, 0.15) is 0 Å². The Hall–Kier alpha value is -0.770. The van der Waals surface area contributed by atoms with Gasteiger partial charge in [0.15, 0.2) is 0 Å².